The molecule has 0 aromatic heterocycles. The number of thioether (sulfide) groups is 1. The predicted molar refractivity (Wildman–Crippen MR) is 147 cm³/mol. The molecule has 1 heterocycles. The Morgan fingerprint density at radius 2 is 1.57 bits per heavy atom. The topological polar surface area (TPSA) is 103 Å². The number of methoxy groups -OCH3 is 1. The van der Waals surface area contributed by atoms with Gasteiger partial charge in [0.15, 0.2) is 0 Å². The van der Waals surface area contributed by atoms with Gasteiger partial charge < -0.3 is 20.7 Å². The first-order valence-corrected chi connectivity index (χ1v) is 12.6. The molecule has 0 aliphatic carbocycles. The number of nitrogens with one attached hydrogen (secondary N) is 3. The maximum Gasteiger partial charge on any atom is 0.254 e. The molecule has 4 rings (SSSR count). The van der Waals surface area contributed by atoms with Crippen LogP contribution in [0.2, 0.25) is 0 Å². The maximum atomic E-state index is 13.4. The fraction of sp³-hybridized carbons (Fsp3) is 0.138. The number of rotatable bonds is 8. The van der Waals surface area contributed by atoms with Crippen molar-refractivity contribution in [2.75, 3.05) is 23.5 Å². The van der Waals surface area contributed by atoms with Gasteiger partial charge in [0.05, 0.1) is 35.5 Å². The van der Waals surface area contributed by atoms with Crippen LogP contribution in [0.3, 0.4) is 0 Å². The number of hydrogen-bond acceptors (Lipinski definition) is 6. The highest BCUT2D eigenvalue weighted by molar-refractivity contribution is 8.03. The van der Waals surface area contributed by atoms with Crippen molar-refractivity contribution in [3.8, 4) is 11.8 Å². The van der Waals surface area contributed by atoms with Gasteiger partial charge in [0.25, 0.3) is 5.91 Å². The fourth-order valence-corrected chi connectivity index (χ4v) is 4.93. The van der Waals surface area contributed by atoms with E-state index in [1.807, 2.05) is 67.6 Å². The van der Waals surface area contributed by atoms with Crippen molar-refractivity contribution in [1.29, 1.82) is 5.26 Å². The van der Waals surface area contributed by atoms with E-state index in [2.05, 4.69) is 22.0 Å². The number of carbonyl (C=O) groups excluding carboxylic acids is 2. The Labute approximate surface area is 220 Å². The van der Waals surface area contributed by atoms with Gasteiger partial charge in [-0.05, 0) is 48.9 Å². The van der Waals surface area contributed by atoms with E-state index in [1.54, 1.807) is 31.4 Å². The molecule has 2 amide bonds. The molecule has 7 nitrogen and oxygen atoms in total. The van der Waals surface area contributed by atoms with Gasteiger partial charge in [-0.1, -0.05) is 60.3 Å². The summed E-state index contributed by atoms with van der Waals surface area (Å²) in [6.07, 6.45) is 0. The highest BCUT2D eigenvalue weighted by atomic mass is 32.2. The number of benzene rings is 3. The summed E-state index contributed by atoms with van der Waals surface area (Å²) in [4.78, 5) is 26.1. The minimum Gasteiger partial charge on any atom is -0.497 e. The first kappa shape index (κ1) is 25.6. The van der Waals surface area contributed by atoms with Gasteiger partial charge in [0, 0.05) is 22.6 Å². The molecular formula is C29H26N4O3S. The monoisotopic (exact) mass is 510 g/mol. The lowest BCUT2D eigenvalue weighted by atomic mass is 9.82. The van der Waals surface area contributed by atoms with Crippen LogP contribution in [0.15, 0.2) is 107 Å². The summed E-state index contributed by atoms with van der Waals surface area (Å²) >= 11 is 1.23. The highest BCUT2D eigenvalue weighted by Gasteiger charge is 2.34. The van der Waals surface area contributed by atoms with Crippen molar-refractivity contribution in [2.24, 2.45) is 0 Å². The lowest BCUT2D eigenvalue weighted by molar-refractivity contribution is -0.114. The summed E-state index contributed by atoms with van der Waals surface area (Å²) < 4.78 is 5.15. The molecule has 0 fully saturated rings. The second kappa shape index (κ2) is 12.0. The Balaban J connectivity index is 1.58. The Bertz CT molecular complexity index is 1380. The fourth-order valence-electron chi connectivity index (χ4n) is 4.04. The summed E-state index contributed by atoms with van der Waals surface area (Å²) in [5.74, 6) is -0.307. The van der Waals surface area contributed by atoms with E-state index in [9.17, 15) is 14.9 Å². The van der Waals surface area contributed by atoms with Gasteiger partial charge in [-0.15, -0.1) is 0 Å². The lowest BCUT2D eigenvalue weighted by Gasteiger charge is -2.29. The van der Waals surface area contributed by atoms with Gasteiger partial charge in [-0.2, -0.15) is 5.26 Å². The van der Waals surface area contributed by atoms with E-state index in [0.29, 0.717) is 39.0 Å². The average molecular weight is 511 g/mol. The Kier molecular flexibility index (Phi) is 8.29. The molecule has 1 aliphatic heterocycles. The third-order valence-corrected chi connectivity index (χ3v) is 6.80. The number of dihydropyridines is 1. The van der Waals surface area contributed by atoms with E-state index in [0.717, 1.165) is 5.56 Å². The van der Waals surface area contributed by atoms with E-state index < -0.39 is 5.92 Å². The highest BCUT2D eigenvalue weighted by Crippen LogP contribution is 2.40. The molecule has 0 saturated carbocycles. The molecule has 0 unspecified atom stereocenters. The van der Waals surface area contributed by atoms with Crippen LogP contribution in [-0.4, -0.2) is 24.7 Å². The molecular weight excluding hydrogens is 484 g/mol. The molecule has 186 valence electrons. The van der Waals surface area contributed by atoms with Crippen molar-refractivity contribution in [3.05, 3.63) is 112 Å². The Morgan fingerprint density at radius 1 is 0.946 bits per heavy atom. The smallest absolute Gasteiger partial charge is 0.254 e. The molecule has 37 heavy (non-hydrogen) atoms. The average Bonchev–Trinajstić information content (AvgIpc) is 2.92. The van der Waals surface area contributed by atoms with Crippen LogP contribution in [0.5, 0.6) is 5.75 Å². The standard InChI is InChI=1S/C29H26N4O3S/c1-19-26(28(35)33-21-11-7-4-8-12-21)27(20-9-5-3-6-10-20)24(17-30)29(31-19)37-18-25(34)32-22-13-15-23(36-2)16-14-22/h3-16,27,31H,18H2,1-2H3,(H,32,34)(H,33,35)/t27-/m0/s1. The zero-order valence-corrected chi connectivity index (χ0v) is 21.3. The number of amides is 2. The summed E-state index contributed by atoms with van der Waals surface area (Å²) in [6.45, 7) is 1.81. The van der Waals surface area contributed by atoms with E-state index >= 15 is 0 Å². The van der Waals surface area contributed by atoms with Gasteiger partial charge in [0.2, 0.25) is 5.91 Å². The lowest BCUT2D eigenvalue weighted by Crippen LogP contribution is -2.31. The summed E-state index contributed by atoms with van der Waals surface area (Å²) in [5, 5.41) is 19.7. The second-order valence-electron chi connectivity index (χ2n) is 8.25. The van der Waals surface area contributed by atoms with Gasteiger partial charge >= 0.3 is 0 Å². The molecule has 1 aliphatic rings. The Hall–Kier alpha value is -4.48. The molecule has 3 aromatic rings. The Morgan fingerprint density at radius 3 is 2.19 bits per heavy atom. The van der Waals surface area contributed by atoms with Crippen molar-refractivity contribution in [3.63, 3.8) is 0 Å². The van der Waals surface area contributed by atoms with E-state index in [4.69, 9.17) is 4.74 Å². The summed E-state index contributed by atoms with van der Waals surface area (Å²) in [5.41, 5.74) is 3.60. The third kappa shape index (κ3) is 6.21. The van der Waals surface area contributed by atoms with Crippen molar-refractivity contribution in [2.45, 2.75) is 12.8 Å². The number of nitrogens with zero attached hydrogens (tertiary/aromatic N) is 1. The van der Waals surface area contributed by atoms with E-state index in [1.165, 1.54) is 11.8 Å². The number of nitriles is 1. The number of allylic oxidation sites excluding steroid dienone is 2. The van der Waals surface area contributed by atoms with Gasteiger partial charge in [-0.3, -0.25) is 9.59 Å². The first-order valence-electron chi connectivity index (χ1n) is 11.6. The molecule has 0 radical (unpaired) electrons. The number of hydrogen-bond donors (Lipinski definition) is 3. The molecule has 8 heteroatoms. The van der Waals surface area contributed by atoms with Crippen molar-refractivity contribution >= 4 is 35.0 Å². The second-order valence-corrected chi connectivity index (χ2v) is 9.23. The van der Waals surface area contributed by atoms with Crippen LogP contribution in [0.4, 0.5) is 11.4 Å². The molecule has 0 bridgehead atoms. The molecule has 3 aromatic carbocycles. The molecule has 3 N–H and O–H groups in total. The van der Waals surface area contributed by atoms with Gasteiger partial charge in [-0.25, -0.2) is 0 Å². The summed E-state index contributed by atoms with van der Waals surface area (Å²) in [7, 11) is 1.58. The number of carbonyl (C=O) groups is 2. The molecule has 0 spiro atoms. The number of para-hydroxylation sites is 1. The summed E-state index contributed by atoms with van der Waals surface area (Å²) in [6, 6.07) is 28.0. The quantitative estimate of drug-likeness (QED) is 0.375. The zero-order chi connectivity index (χ0) is 26.2. The first-order chi connectivity index (χ1) is 18.0. The molecule has 1 atom stereocenters. The van der Waals surface area contributed by atoms with Crippen LogP contribution < -0.4 is 20.7 Å². The van der Waals surface area contributed by atoms with Crippen LogP contribution in [-0.2, 0) is 9.59 Å². The number of ether oxygens (including phenoxy) is 1. The van der Waals surface area contributed by atoms with Crippen LogP contribution in [0.25, 0.3) is 0 Å². The molecule has 0 saturated heterocycles. The largest absolute Gasteiger partial charge is 0.497 e. The van der Waals surface area contributed by atoms with Crippen LogP contribution in [0, 0.1) is 11.3 Å². The van der Waals surface area contributed by atoms with Crippen LogP contribution in [0.1, 0.15) is 18.4 Å². The maximum absolute atomic E-state index is 13.4. The predicted octanol–water partition coefficient (Wildman–Crippen LogP) is 5.40. The number of anilines is 2. The normalized spacial score (nSPS) is 14.9. The minimum absolute atomic E-state index is 0.0832. The van der Waals surface area contributed by atoms with E-state index in [-0.39, 0.29) is 17.6 Å². The SMILES string of the molecule is COc1ccc(NC(=O)CSC2=C(C#N)[C@H](c3ccccc3)C(C(=O)Nc3ccccc3)=C(C)N2)cc1. The van der Waals surface area contributed by atoms with Crippen molar-refractivity contribution in [1.82, 2.24) is 5.32 Å². The van der Waals surface area contributed by atoms with Gasteiger partial charge in [0.1, 0.15) is 5.75 Å². The third-order valence-electron chi connectivity index (χ3n) is 5.78. The minimum atomic E-state index is -0.580. The van der Waals surface area contributed by atoms with Crippen molar-refractivity contribution < 1.29 is 14.3 Å². The zero-order valence-electron chi connectivity index (χ0n) is 20.4. The van der Waals surface area contributed by atoms with Crippen LogP contribution >= 0.6 is 11.8 Å².